The number of hydrogen-bond acceptors (Lipinski definition) is 2. The summed E-state index contributed by atoms with van der Waals surface area (Å²) in [6, 6.07) is 6.02. The Hall–Kier alpha value is 0.0600. The zero-order valence-electron chi connectivity index (χ0n) is 8.25. The number of hydrogen-bond donors (Lipinski definition) is 1. The van der Waals surface area contributed by atoms with Crippen LogP contribution >= 0.6 is 54.8 Å². The molecule has 0 saturated heterocycles. The van der Waals surface area contributed by atoms with Crippen LogP contribution in [0.4, 0.5) is 4.39 Å². The topological polar surface area (TPSA) is 20.2 Å². The molecule has 1 heterocycles. The molecule has 1 N–H and O–H groups in total. The summed E-state index contributed by atoms with van der Waals surface area (Å²) in [7, 11) is 0. The maximum Gasteiger partial charge on any atom is 0.141 e. The van der Waals surface area contributed by atoms with E-state index in [1.807, 2.05) is 6.07 Å². The molecule has 0 saturated carbocycles. The molecule has 0 bridgehead atoms. The van der Waals surface area contributed by atoms with Crippen molar-refractivity contribution in [2.45, 2.75) is 6.10 Å². The van der Waals surface area contributed by atoms with E-state index in [1.165, 1.54) is 29.5 Å². The second kappa shape index (κ2) is 5.36. The Balaban J connectivity index is 2.36. The third-order valence-electron chi connectivity index (χ3n) is 2.19. The van der Waals surface area contributed by atoms with Gasteiger partial charge in [-0.25, -0.2) is 4.39 Å². The van der Waals surface area contributed by atoms with E-state index in [0.29, 0.717) is 5.56 Å². The minimum Gasteiger partial charge on any atom is -0.383 e. The van der Waals surface area contributed by atoms with Gasteiger partial charge in [0.1, 0.15) is 11.9 Å². The summed E-state index contributed by atoms with van der Waals surface area (Å²) in [6.45, 7) is 0. The molecule has 0 aliphatic heterocycles. The van der Waals surface area contributed by atoms with Crippen LogP contribution in [0.15, 0.2) is 32.5 Å². The average molecular weight is 400 g/mol. The molecule has 2 rings (SSSR count). The van der Waals surface area contributed by atoms with Gasteiger partial charge in [-0.15, -0.1) is 11.3 Å². The maximum absolute atomic E-state index is 13.0. The number of halogens is 4. The summed E-state index contributed by atoms with van der Waals surface area (Å²) in [6.07, 6.45) is -0.805. The summed E-state index contributed by atoms with van der Waals surface area (Å²) >= 11 is 13.8. The van der Waals surface area contributed by atoms with Crippen molar-refractivity contribution < 1.29 is 9.50 Å². The minimum absolute atomic E-state index is 0.0104. The highest BCUT2D eigenvalue weighted by Gasteiger charge is 2.16. The van der Waals surface area contributed by atoms with Gasteiger partial charge in [-0.3, -0.25) is 0 Å². The molecule has 2 aromatic rings. The van der Waals surface area contributed by atoms with Crippen LogP contribution in [0, 0.1) is 5.82 Å². The Kier molecular flexibility index (Phi) is 4.26. The van der Waals surface area contributed by atoms with Gasteiger partial charge in [0, 0.05) is 9.35 Å². The van der Waals surface area contributed by atoms with Gasteiger partial charge < -0.3 is 5.11 Å². The minimum atomic E-state index is -0.805. The van der Waals surface area contributed by atoms with Gasteiger partial charge in [-0.2, -0.15) is 0 Å². The van der Waals surface area contributed by atoms with Crippen molar-refractivity contribution in [3.63, 3.8) is 0 Å². The molecule has 1 atom stereocenters. The first kappa shape index (κ1) is 13.5. The summed E-state index contributed by atoms with van der Waals surface area (Å²) in [5, 5.41) is 10.1. The summed E-state index contributed by atoms with van der Waals surface area (Å²) in [5.74, 6) is -0.490. The SMILES string of the molecule is OC(c1ccc(F)c(Cl)c1)c1cc(Br)c(Br)s1. The third-order valence-corrected chi connectivity index (χ3v) is 5.79. The largest absolute Gasteiger partial charge is 0.383 e. The van der Waals surface area contributed by atoms with Crippen LogP contribution in [0.25, 0.3) is 0 Å². The summed E-state index contributed by atoms with van der Waals surface area (Å²) < 4.78 is 14.8. The zero-order chi connectivity index (χ0) is 12.6. The Morgan fingerprint density at radius 1 is 1.29 bits per heavy atom. The van der Waals surface area contributed by atoms with Gasteiger partial charge in [0.15, 0.2) is 0 Å². The van der Waals surface area contributed by atoms with Gasteiger partial charge in [0.05, 0.1) is 8.81 Å². The summed E-state index contributed by atoms with van der Waals surface area (Å²) in [5.41, 5.74) is 0.567. The number of benzene rings is 1. The lowest BCUT2D eigenvalue weighted by molar-refractivity contribution is 0.224. The van der Waals surface area contributed by atoms with Gasteiger partial charge in [-0.05, 0) is 55.6 Å². The van der Waals surface area contributed by atoms with Gasteiger partial charge >= 0.3 is 0 Å². The summed E-state index contributed by atoms with van der Waals surface area (Å²) in [4.78, 5) is 0.756. The van der Waals surface area contributed by atoms with Crippen LogP contribution in [0.1, 0.15) is 16.5 Å². The highest BCUT2D eigenvalue weighted by molar-refractivity contribution is 9.13. The van der Waals surface area contributed by atoms with Gasteiger partial charge in [0.2, 0.25) is 0 Å². The first-order valence-corrected chi connectivity index (χ1v) is 7.35. The molecule has 0 aliphatic rings. The van der Waals surface area contributed by atoms with Gasteiger partial charge in [-0.1, -0.05) is 17.7 Å². The number of aliphatic hydroxyl groups is 1. The first-order chi connectivity index (χ1) is 7.99. The molecular formula is C11H6Br2ClFOS. The fourth-order valence-corrected chi connectivity index (χ4v) is 3.64. The Labute approximate surface area is 123 Å². The molecule has 0 aliphatic carbocycles. The first-order valence-electron chi connectivity index (χ1n) is 4.57. The molecule has 0 spiro atoms. The van der Waals surface area contributed by atoms with Crippen molar-refractivity contribution in [3.05, 3.63) is 53.8 Å². The molecular weight excluding hydrogens is 394 g/mol. The Bertz CT molecular complexity index is 539. The van der Waals surface area contributed by atoms with Crippen molar-refractivity contribution >= 4 is 54.8 Å². The monoisotopic (exact) mass is 398 g/mol. The zero-order valence-corrected chi connectivity index (χ0v) is 13.0. The highest BCUT2D eigenvalue weighted by Crippen LogP contribution is 2.38. The van der Waals surface area contributed by atoms with Crippen LogP contribution in [0.3, 0.4) is 0 Å². The van der Waals surface area contributed by atoms with E-state index in [9.17, 15) is 9.50 Å². The molecule has 1 unspecified atom stereocenters. The van der Waals surface area contributed by atoms with Crippen molar-refractivity contribution in [2.75, 3.05) is 0 Å². The molecule has 0 fully saturated rings. The standard InChI is InChI=1S/C11H6Br2ClFOS/c12-6-4-9(17-11(6)13)10(16)5-1-2-8(15)7(14)3-5/h1-4,10,16H. The highest BCUT2D eigenvalue weighted by atomic mass is 79.9. The predicted octanol–water partition coefficient (Wildman–Crippen LogP) is 5.15. The molecule has 1 nitrogen and oxygen atoms in total. The molecule has 0 amide bonds. The second-order valence-electron chi connectivity index (χ2n) is 3.35. The van der Waals surface area contributed by atoms with Crippen LogP contribution in [-0.2, 0) is 0 Å². The fourth-order valence-electron chi connectivity index (χ4n) is 1.34. The van der Waals surface area contributed by atoms with Crippen LogP contribution < -0.4 is 0 Å². The van der Waals surface area contributed by atoms with E-state index in [-0.39, 0.29) is 5.02 Å². The second-order valence-corrected chi connectivity index (χ2v) is 7.01. The van der Waals surface area contributed by atoms with E-state index in [2.05, 4.69) is 31.9 Å². The normalized spacial score (nSPS) is 12.8. The Morgan fingerprint density at radius 3 is 2.53 bits per heavy atom. The average Bonchev–Trinajstić information content (AvgIpc) is 2.62. The molecule has 1 aromatic heterocycles. The van der Waals surface area contributed by atoms with Crippen molar-refractivity contribution in [1.29, 1.82) is 0 Å². The quantitative estimate of drug-likeness (QED) is 0.739. The van der Waals surface area contributed by atoms with E-state index >= 15 is 0 Å². The molecule has 6 heteroatoms. The fraction of sp³-hybridized carbons (Fsp3) is 0.0909. The van der Waals surface area contributed by atoms with Crippen molar-refractivity contribution in [2.24, 2.45) is 0 Å². The maximum atomic E-state index is 13.0. The van der Waals surface area contributed by atoms with Crippen molar-refractivity contribution in [1.82, 2.24) is 0 Å². The third kappa shape index (κ3) is 2.90. The number of rotatable bonds is 2. The smallest absolute Gasteiger partial charge is 0.141 e. The van der Waals surface area contributed by atoms with Crippen LogP contribution in [0.5, 0.6) is 0 Å². The molecule has 1 aromatic carbocycles. The lowest BCUT2D eigenvalue weighted by Crippen LogP contribution is -1.97. The van der Waals surface area contributed by atoms with Crippen LogP contribution in [-0.4, -0.2) is 5.11 Å². The Morgan fingerprint density at radius 2 is 2.00 bits per heavy atom. The lowest BCUT2D eigenvalue weighted by Gasteiger charge is -2.09. The van der Waals surface area contributed by atoms with E-state index < -0.39 is 11.9 Å². The van der Waals surface area contributed by atoms with E-state index in [1.54, 1.807) is 0 Å². The van der Waals surface area contributed by atoms with Crippen LogP contribution in [0.2, 0.25) is 5.02 Å². The van der Waals surface area contributed by atoms with Crippen molar-refractivity contribution in [3.8, 4) is 0 Å². The number of thiophene rings is 1. The van der Waals surface area contributed by atoms with E-state index in [4.69, 9.17) is 11.6 Å². The molecule has 90 valence electrons. The molecule has 17 heavy (non-hydrogen) atoms. The predicted molar refractivity (Wildman–Crippen MR) is 75.2 cm³/mol. The van der Waals surface area contributed by atoms with Gasteiger partial charge in [0.25, 0.3) is 0 Å². The molecule has 0 radical (unpaired) electrons. The number of aliphatic hydroxyl groups excluding tert-OH is 1. The lowest BCUT2D eigenvalue weighted by atomic mass is 10.1. The van der Waals surface area contributed by atoms with E-state index in [0.717, 1.165) is 13.1 Å².